The number of rotatable bonds is 0. The first kappa shape index (κ1) is 15.7. The van der Waals surface area contributed by atoms with Crippen molar-refractivity contribution in [3.8, 4) is 11.5 Å². The van der Waals surface area contributed by atoms with Gasteiger partial charge in [0.05, 0.1) is 0 Å². The Labute approximate surface area is 150 Å². The molecule has 5 rings (SSSR count). The summed E-state index contributed by atoms with van der Waals surface area (Å²) in [7, 11) is 0. The smallest absolute Gasteiger partial charge is 0.181 e. The van der Waals surface area contributed by atoms with E-state index >= 15 is 0 Å². The number of benzene rings is 1. The fourth-order valence-electron chi connectivity index (χ4n) is 3.96. The third kappa shape index (κ3) is 1.91. The summed E-state index contributed by atoms with van der Waals surface area (Å²) < 4.78 is 17.5. The average Bonchev–Trinajstić information content (AvgIpc) is 2.87. The summed E-state index contributed by atoms with van der Waals surface area (Å²) in [6.07, 6.45) is 6.68. The fraction of sp³-hybridized carbons (Fsp3) is 0.350. The Kier molecular flexibility index (Phi) is 2.76. The van der Waals surface area contributed by atoms with Crippen LogP contribution in [0.1, 0.15) is 25.0 Å². The zero-order valence-corrected chi connectivity index (χ0v) is 14.4. The number of hydrogen-bond acceptors (Lipinski definition) is 6. The molecule has 0 aromatic heterocycles. The van der Waals surface area contributed by atoms with Crippen molar-refractivity contribution in [3.05, 3.63) is 53.3 Å². The highest BCUT2D eigenvalue weighted by Crippen LogP contribution is 2.53. The van der Waals surface area contributed by atoms with Gasteiger partial charge in [-0.2, -0.15) is 0 Å². The number of aliphatic hydroxyl groups is 2. The van der Waals surface area contributed by atoms with Crippen LogP contribution in [0, 0.1) is 0 Å². The predicted octanol–water partition coefficient (Wildman–Crippen LogP) is 1.60. The van der Waals surface area contributed by atoms with Crippen LogP contribution in [0.5, 0.6) is 11.5 Å². The van der Waals surface area contributed by atoms with Gasteiger partial charge in [0, 0.05) is 23.3 Å². The fourth-order valence-corrected chi connectivity index (χ4v) is 3.96. The summed E-state index contributed by atoms with van der Waals surface area (Å²) in [5, 5.41) is 22.4. The molecular formula is C20H18O6. The zero-order valence-electron chi connectivity index (χ0n) is 14.4. The van der Waals surface area contributed by atoms with E-state index in [4.69, 9.17) is 14.2 Å². The minimum atomic E-state index is -1.71. The van der Waals surface area contributed by atoms with E-state index in [9.17, 15) is 15.0 Å². The number of ketones is 1. The summed E-state index contributed by atoms with van der Waals surface area (Å²) in [6, 6.07) is 3.53. The van der Waals surface area contributed by atoms with Crippen LogP contribution in [0.4, 0.5) is 0 Å². The van der Waals surface area contributed by atoms with Gasteiger partial charge in [-0.05, 0) is 38.1 Å². The van der Waals surface area contributed by atoms with Crippen LogP contribution in [-0.4, -0.2) is 39.9 Å². The lowest BCUT2D eigenvalue weighted by molar-refractivity contribution is -0.187. The van der Waals surface area contributed by atoms with Gasteiger partial charge in [0.1, 0.15) is 29.5 Å². The van der Waals surface area contributed by atoms with Crippen LogP contribution in [0.3, 0.4) is 0 Å². The molecule has 1 aromatic carbocycles. The topological polar surface area (TPSA) is 85.2 Å². The van der Waals surface area contributed by atoms with Crippen molar-refractivity contribution in [1.29, 1.82) is 0 Å². The van der Waals surface area contributed by atoms with Crippen molar-refractivity contribution in [2.24, 2.45) is 0 Å². The lowest BCUT2D eigenvalue weighted by Gasteiger charge is -2.45. The summed E-state index contributed by atoms with van der Waals surface area (Å²) >= 11 is 0. The number of carbonyl (C=O) groups excluding carboxylic acids is 1. The van der Waals surface area contributed by atoms with E-state index in [1.807, 2.05) is 26.0 Å². The molecule has 0 unspecified atom stereocenters. The molecule has 0 saturated carbocycles. The molecule has 4 aliphatic rings. The van der Waals surface area contributed by atoms with Crippen molar-refractivity contribution in [1.82, 2.24) is 0 Å². The minimum Gasteiger partial charge on any atom is -0.491 e. The SMILES string of the molecule is CC1(C)C=Cc2cc3c(cc2O1)O[C@H]1[C@@]3(O)COC2=CC(=O)C=C[C@]21O. The van der Waals surface area contributed by atoms with Crippen LogP contribution in [-0.2, 0) is 15.1 Å². The predicted molar refractivity (Wildman–Crippen MR) is 91.6 cm³/mol. The molecule has 0 radical (unpaired) electrons. The van der Waals surface area contributed by atoms with Crippen LogP contribution in [0.25, 0.3) is 6.08 Å². The van der Waals surface area contributed by atoms with Crippen molar-refractivity contribution >= 4 is 11.9 Å². The number of hydrogen-bond donors (Lipinski definition) is 2. The maximum atomic E-state index is 11.6. The number of fused-ring (bicyclic) bond motifs is 6. The normalized spacial score (nSPS) is 35.2. The van der Waals surface area contributed by atoms with Crippen molar-refractivity contribution in [2.75, 3.05) is 6.61 Å². The maximum Gasteiger partial charge on any atom is 0.181 e. The Morgan fingerprint density at radius 3 is 2.73 bits per heavy atom. The van der Waals surface area contributed by atoms with E-state index in [1.165, 1.54) is 18.2 Å². The molecule has 0 bridgehead atoms. The van der Waals surface area contributed by atoms with Crippen LogP contribution < -0.4 is 9.47 Å². The molecule has 3 atom stereocenters. The van der Waals surface area contributed by atoms with Gasteiger partial charge < -0.3 is 24.4 Å². The van der Waals surface area contributed by atoms with Gasteiger partial charge in [-0.3, -0.25) is 4.79 Å². The molecule has 1 saturated heterocycles. The molecule has 134 valence electrons. The van der Waals surface area contributed by atoms with Crippen molar-refractivity contribution in [2.45, 2.75) is 36.8 Å². The van der Waals surface area contributed by atoms with Crippen LogP contribution >= 0.6 is 0 Å². The molecule has 2 N–H and O–H groups in total. The highest BCUT2D eigenvalue weighted by Gasteiger charge is 2.63. The number of allylic oxidation sites excluding steroid dienone is 2. The Hall–Kier alpha value is -2.57. The molecule has 3 heterocycles. The van der Waals surface area contributed by atoms with Gasteiger partial charge in [-0.25, -0.2) is 0 Å². The number of ether oxygens (including phenoxy) is 3. The molecule has 6 nitrogen and oxygen atoms in total. The highest BCUT2D eigenvalue weighted by atomic mass is 16.6. The van der Waals surface area contributed by atoms with Gasteiger partial charge in [-0.1, -0.05) is 6.08 Å². The first-order valence-corrected chi connectivity index (χ1v) is 8.48. The van der Waals surface area contributed by atoms with Gasteiger partial charge in [0.15, 0.2) is 23.1 Å². The minimum absolute atomic E-state index is 0.0922. The lowest BCUT2D eigenvalue weighted by atomic mass is 9.76. The third-order valence-electron chi connectivity index (χ3n) is 5.31. The maximum absolute atomic E-state index is 11.6. The van der Waals surface area contributed by atoms with Gasteiger partial charge in [0.2, 0.25) is 0 Å². The van der Waals surface area contributed by atoms with E-state index in [0.29, 0.717) is 17.1 Å². The largest absolute Gasteiger partial charge is 0.491 e. The standard InChI is InChI=1S/C20H18O6/c1-18(2)5-3-11-7-13-15(9-14(11)26-18)25-17-19(22)6-4-12(21)8-16(19)24-10-20(13,17)23/h3-9,17,22-23H,10H2,1-2H3/t17-,19+,20-/m1/s1. The molecule has 1 fully saturated rings. The first-order chi connectivity index (χ1) is 12.2. The molecule has 0 amide bonds. The Morgan fingerprint density at radius 1 is 1.12 bits per heavy atom. The van der Waals surface area contributed by atoms with E-state index < -0.39 is 22.9 Å². The lowest BCUT2D eigenvalue weighted by Crippen LogP contribution is -2.61. The second-order valence-electron chi connectivity index (χ2n) is 7.71. The molecule has 6 heteroatoms. The molecule has 0 spiro atoms. The second-order valence-corrected chi connectivity index (χ2v) is 7.71. The quantitative estimate of drug-likeness (QED) is 0.736. The monoisotopic (exact) mass is 354 g/mol. The Morgan fingerprint density at radius 2 is 1.92 bits per heavy atom. The summed E-state index contributed by atoms with van der Waals surface area (Å²) in [5.74, 6) is 0.902. The van der Waals surface area contributed by atoms with Crippen molar-refractivity contribution in [3.63, 3.8) is 0 Å². The highest BCUT2D eigenvalue weighted by molar-refractivity contribution is 6.01. The molecule has 3 aliphatic heterocycles. The van der Waals surface area contributed by atoms with E-state index in [1.54, 1.807) is 12.1 Å². The van der Waals surface area contributed by atoms with Crippen LogP contribution in [0.15, 0.2) is 42.2 Å². The molecular weight excluding hydrogens is 336 g/mol. The second kappa shape index (κ2) is 4.58. The zero-order chi connectivity index (χ0) is 18.3. The van der Waals surface area contributed by atoms with E-state index in [-0.39, 0.29) is 18.1 Å². The Balaban J connectivity index is 1.63. The summed E-state index contributed by atoms with van der Waals surface area (Å²) in [6.45, 7) is 3.78. The van der Waals surface area contributed by atoms with E-state index in [0.717, 1.165) is 5.56 Å². The van der Waals surface area contributed by atoms with Gasteiger partial charge in [-0.15, -0.1) is 0 Å². The first-order valence-electron chi connectivity index (χ1n) is 8.48. The summed E-state index contributed by atoms with van der Waals surface area (Å²) in [5.41, 5.74) is -2.33. The molecule has 1 aromatic rings. The number of carbonyl (C=O) groups is 1. The van der Waals surface area contributed by atoms with E-state index in [2.05, 4.69) is 0 Å². The molecule has 1 aliphatic carbocycles. The third-order valence-corrected chi connectivity index (χ3v) is 5.31. The van der Waals surface area contributed by atoms with Crippen molar-refractivity contribution < 1.29 is 29.2 Å². The summed E-state index contributed by atoms with van der Waals surface area (Å²) in [4.78, 5) is 11.6. The van der Waals surface area contributed by atoms with Gasteiger partial charge in [0.25, 0.3) is 0 Å². The molecule has 26 heavy (non-hydrogen) atoms. The Bertz CT molecular complexity index is 940. The van der Waals surface area contributed by atoms with Gasteiger partial charge >= 0.3 is 0 Å². The average molecular weight is 354 g/mol. The van der Waals surface area contributed by atoms with Crippen LogP contribution in [0.2, 0.25) is 0 Å².